The molecule has 6 nitrogen and oxygen atoms in total. The van der Waals surface area contributed by atoms with Crippen LogP contribution in [0, 0.1) is 5.82 Å². The lowest BCUT2D eigenvalue weighted by Gasteiger charge is -2.18. The number of nitrogens with zero attached hydrogens (tertiary/aromatic N) is 1. The SMILES string of the molecule is CC(C)(C)c1ccc(CNC(=O)c2ncc(F)cc2N)c(=O)[nH]1. The number of anilines is 1. The minimum absolute atomic E-state index is 0.0249. The molecule has 1 amide bonds. The van der Waals surface area contributed by atoms with Crippen LogP contribution in [0.3, 0.4) is 0 Å². The molecular formula is C16H19FN4O2. The molecule has 0 aromatic carbocycles. The Balaban J connectivity index is 2.12. The molecule has 23 heavy (non-hydrogen) atoms. The Bertz CT molecular complexity index is 793. The van der Waals surface area contributed by atoms with Crippen LogP contribution in [-0.2, 0) is 12.0 Å². The zero-order valence-electron chi connectivity index (χ0n) is 13.2. The third-order valence-corrected chi connectivity index (χ3v) is 3.34. The van der Waals surface area contributed by atoms with Crippen LogP contribution in [0.5, 0.6) is 0 Å². The fraction of sp³-hybridized carbons (Fsp3) is 0.312. The predicted molar refractivity (Wildman–Crippen MR) is 85.5 cm³/mol. The van der Waals surface area contributed by atoms with Gasteiger partial charge in [-0.15, -0.1) is 0 Å². The second-order valence-corrected chi connectivity index (χ2v) is 6.25. The maximum absolute atomic E-state index is 12.9. The van der Waals surface area contributed by atoms with Crippen molar-refractivity contribution in [3.63, 3.8) is 0 Å². The summed E-state index contributed by atoms with van der Waals surface area (Å²) in [6, 6.07) is 4.50. The van der Waals surface area contributed by atoms with E-state index < -0.39 is 11.7 Å². The van der Waals surface area contributed by atoms with Gasteiger partial charge in [-0.2, -0.15) is 0 Å². The van der Waals surface area contributed by atoms with Crippen molar-refractivity contribution < 1.29 is 9.18 Å². The summed E-state index contributed by atoms with van der Waals surface area (Å²) in [5, 5.41) is 2.55. The lowest BCUT2D eigenvalue weighted by molar-refractivity contribution is 0.0946. The number of nitrogens with one attached hydrogen (secondary N) is 2. The topological polar surface area (TPSA) is 101 Å². The van der Waals surface area contributed by atoms with Crippen LogP contribution in [0.1, 0.15) is 42.5 Å². The Morgan fingerprint density at radius 2 is 2.09 bits per heavy atom. The quantitative estimate of drug-likeness (QED) is 0.802. The molecule has 0 aliphatic rings. The van der Waals surface area contributed by atoms with Crippen molar-refractivity contribution in [2.75, 3.05) is 5.73 Å². The molecular weight excluding hydrogens is 299 g/mol. The molecule has 0 bridgehead atoms. The van der Waals surface area contributed by atoms with Crippen LogP contribution >= 0.6 is 0 Å². The highest BCUT2D eigenvalue weighted by Crippen LogP contribution is 2.18. The molecule has 7 heteroatoms. The first-order chi connectivity index (χ1) is 10.7. The van der Waals surface area contributed by atoms with E-state index in [4.69, 9.17) is 5.73 Å². The van der Waals surface area contributed by atoms with E-state index in [0.717, 1.165) is 18.0 Å². The fourth-order valence-corrected chi connectivity index (χ4v) is 1.98. The highest BCUT2D eigenvalue weighted by atomic mass is 19.1. The number of nitrogen functional groups attached to an aromatic ring is 1. The van der Waals surface area contributed by atoms with Gasteiger partial charge in [-0.3, -0.25) is 9.59 Å². The number of rotatable bonds is 3. The summed E-state index contributed by atoms with van der Waals surface area (Å²) in [5.74, 6) is -1.19. The number of H-pyrrole nitrogens is 1. The molecule has 0 radical (unpaired) electrons. The number of hydrogen-bond donors (Lipinski definition) is 3. The number of hydrogen-bond acceptors (Lipinski definition) is 4. The lowest BCUT2D eigenvalue weighted by Crippen LogP contribution is -2.29. The van der Waals surface area contributed by atoms with E-state index in [2.05, 4.69) is 15.3 Å². The number of carbonyl (C=O) groups excluding carboxylic acids is 1. The molecule has 2 aromatic rings. The second-order valence-electron chi connectivity index (χ2n) is 6.25. The van der Waals surface area contributed by atoms with Gasteiger partial charge in [0, 0.05) is 29.3 Å². The Morgan fingerprint density at radius 3 is 2.65 bits per heavy atom. The van der Waals surface area contributed by atoms with Gasteiger partial charge in [-0.25, -0.2) is 9.37 Å². The smallest absolute Gasteiger partial charge is 0.272 e. The van der Waals surface area contributed by atoms with Gasteiger partial charge in [0.2, 0.25) is 0 Å². The number of aromatic amines is 1. The summed E-state index contributed by atoms with van der Waals surface area (Å²) in [5.41, 5.74) is 6.20. The van der Waals surface area contributed by atoms with Gasteiger partial charge in [0.05, 0.1) is 11.9 Å². The summed E-state index contributed by atoms with van der Waals surface area (Å²) in [7, 11) is 0. The molecule has 2 heterocycles. The summed E-state index contributed by atoms with van der Waals surface area (Å²) in [4.78, 5) is 30.5. The minimum Gasteiger partial charge on any atom is -0.397 e. The summed E-state index contributed by atoms with van der Waals surface area (Å²) < 4.78 is 12.9. The van der Waals surface area contributed by atoms with E-state index in [1.807, 2.05) is 26.8 Å². The van der Waals surface area contributed by atoms with E-state index >= 15 is 0 Å². The number of pyridine rings is 2. The van der Waals surface area contributed by atoms with Crippen LogP contribution in [0.4, 0.5) is 10.1 Å². The van der Waals surface area contributed by atoms with Gasteiger partial charge in [0.15, 0.2) is 5.69 Å². The minimum atomic E-state index is -0.617. The number of carbonyl (C=O) groups is 1. The standard InChI is InChI=1S/C16H19FN4O2/c1-16(2,3)12-5-4-9(14(22)21-12)7-20-15(23)13-11(18)6-10(17)8-19-13/h4-6,8H,7,18H2,1-3H3,(H,20,23)(H,21,22). The van der Waals surface area contributed by atoms with Gasteiger partial charge in [0.1, 0.15) is 5.82 Å². The van der Waals surface area contributed by atoms with Gasteiger partial charge in [-0.1, -0.05) is 20.8 Å². The third-order valence-electron chi connectivity index (χ3n) is 3.34. The molecule has 0 aliphatic heterocycles. The monoisotopic (exact) mass is 318 g/mol. The maximum Gasteiger partial charge on any atom is 0.272 e. The zero-order chi connectivity index (χ0) is 17.2. The van der Waals surface area contributed by atoms with Crippen LogP contribution < -0.4 is 16.6 Å². The molecule has 4 N–H and O–H groups in total. The van der Waals surface area contributed by atoms with Crippen molar-refractivity contribution in [1.29, 1.82) is 0 Å². The van der Waals surface area contributed by atoms with E-state index in [1.54, 1.807) is 6.07 Å². The number of nitrogens with two attached hydrogens (primary N) is 1. The molecule has 0 aliphatic carbocycles. The van der Waals surface area contributed by atoms with Gasteiger partial charge >= 0.3 is 0 Å². The molecule has 0 fully saturated rings. The van der Waals surface area contributed by atoms with Crippen LogP contribution in [-0.4, -0.2) is 15.9 Å². The first-order valence-corrected chi connectivity index (χ1v) is 7.10. The van der Waals surface area contributed by atoms with Gasteiger partial charge in [0.25, 0.3) is 11.5 Å². The van der Waals surface area contributed by atoms with Crippen LogP contribution in [0.15, 0.2) is 29.2 Å². The molecule has 2 aromatic heterocycles. The van der Waals surface area contributed by atoms with E-state index in [1.165, 1.54) is 0 Å². The predicted octanol–water partition coefficient (Wildman–Crippen LogP) is 1.72. The fourth-order valence-electron chi connectivity index (χ4n) is 1.98. The Kier molecular flexibility index (Phi) is 4.49. The highest BCUT2D eigenvalue weighted by Gasteiger charge is 2.16. The van der Waals surface area contributed by atoms with Crippen molar-refractivity contribution >= 4 is 11.6 Å². The number of amides is 1. The molecule has 122 valence electrons. The highest BCUT2D eigenvalue weighted by molar-refractivity contribution is 5.96. The van der Waals surface area contributed by atoms with Crippen molar-refractivity contribution in [1.82, 2.24) is 15.3 Å². The van der Waals surface area contributed by atoms with E-state index in [9.17, 15) is 14.0 Å². The molecule has 0 saturated heterocycles. The Morgan fingerprint density at radius 1 is 1.39 bits per heavy atom. The first kappa shape index (κ1) is 16.7. The average Bonchev–Trinajstić information content (AvgIpc) is 2.44. The average molecular weight is 318 g/mol. The normalized spacial score (nSPS) is 11.3. The van der Waals surface area contributed by atoms with Crippen molar-refractivity contribution in [3.05, 3.63) is 57.5 Å². The molecule has 0 saturated carbocycles. The van der Waals surface area contributed by atoms with E-state index in [0.29, 0.717) is 5.56 Å². The Labute approximate surface area is 132 Å². The molecule has 0 atom stereocenters. The van der Waals surface area contributed by atoms with Gasteiger partial charge < -0.3 is 16.0 Å². The lowest BCUT2D eigenvalue weighted by atomic mass is 9.91. The molecule has 0 unspecified atom stereocenters. The zero-order valence-corrected chi connectivity index (χ0v) is 13.2. The van der Waals surface area contributed by atoms with Crippen molar-refractivity contribution in [2.24, 2.45) is 0 Å². The van der Waals surface area contributed by atoms with Crippen molar-refractivity contribution in [2.45, 2.75) is 32.7 Å². The summed E-state index contributed by atoms with van der Waals surface area (Å²) >= 11 is 0. The third kappa shape index (κ3) is 3.94. The Hall–Kier alpha value is -2.70. The molecule has 0 spiro atoms. The molecule has 2 rings (SSSR count). The number of aromatic nitrogens is 2. The first-order valence-electron chi connectivity index (χ1n) is 7.10. The summed E-state index contributed by atoms with van der Waals surface area (Å²) in [6.45, 7) is 5.99. The van der Waals surface area contributed by atoms with Gasteiger partial charge in [-0.05, 0) is 12.1 Å². The maximum atomic E-state index is 12.9. The second kappa shape index (κ2) is 6.20. The number of halogens is 1. The van der Waals surface area contributed by atoms with Crippen LogP contribution in [0.2, 0.25) is 0 Å². The summed E-state index contributed by atoms with van der Waals surface area (Å²) in [6.07, 6.45) is 0.913. The van der Waals surface area contributed by atoms with Crippen molar-refractivity contribution in [3.8, 4) is 0 Å². The van der Waals surface area contributed by atoms with E-state index in [-0.39, 0.29) is 28.9 Å². The largest absolute Gasteiger partial charge is 0.397 e. The van der Waals surface area contributed by atoms with Crippen LogP contribution in [0.25, 0.3) is 0 Å².